The Morgan fingerprint density at radius 2 is 1.60 bits per heavy atom. The van der Waals surface area contributed by atoms with Gasteiger partial charge in [0.25, 0.3) is 11.8 Å². The van der Waals surface area contributed by atoms with Gasteiger partial charge in [-0.2, -0.15) is 0 Å². The van der Waals surface area contributed by atoms with E-state index in [0.29, 0.717) is 17.6 Å². The minimum absolute atomic E-state index is 0.162. The van der Waals surface area contributed by atoms with Crippen LogP contribution in [0.5, 0.6) is 0 Å². The Morgan fingerprint density at radius 3 is 2.20 bits per heavy atom. The number of esters is 1. The highest BCUT2D eigenvalue weighted by Gasteiger charge is 2.72. The van der Waals surface area contributed by atoms with Gasteiger partial charge in [0, 0.05) is 12.8 Å². The smallest absolute Gasteiger partial charge is 0.309 e. The lowest BCUT2D eigenvalue weighted by molar-refractivity contribution is -0.170. The molecule has 40 heavy (non-hydrogen) atoms. The molecule has 7 unspecified atom stereocenters. The Morgan fingerprint density at radius 1 is 1.02 bits per heavy atom. The zero-order chi connectivity index (χ0) is 28.7. The molecule has 0 aromatic heterocycles. The molecular weight excluding hydrogens is 556 g/mol. The number of carbonyl (C=O) groups is 3. The number of amides is 2. The SMILES string of the molecule is CCCCCC(O)CC(=O)OC1C=COC=C2CC3(SC)C(=O)N4C5C(=COC=CC5O)CC4(SC)C(=O)N3C21. The second-order valence-corrected chi connectivity index (χ2v) is 12.9. The second kappa shape index (κ2) is 11.5. The zero-order valence-corrected chi connectivity index (χ0v) is 24.5. The molecule has 3 saturated heterocycles. The van der Waals surface area contributed by atoms with Crippen LogP contribution < -0.4 is 0 Å². The summed E-state index contributed by atoms with van der Waals surface area (Å²) in [6.45, 7) is 2.07. The maximum absolute atomic E-state index is 14.7. The minimum Gasteiger partial charge on any atom is -0.473 e. The molecule has 5 aliphatic rings. The van der Waals surface area contributed by atoms with Crippen LogP contribution >= 0.6 is 23.5 Å². The fourth-order valence-electron chi connectivity index (χ4n) is 6.44. The van der Waals surface area contributed by atoms with Crippen LogP contribution in [0.3, 0.4) is 0 Å². The van der Waals surface area contributed by atoms with E-state index in [-0.39, 0.29) is 31.1 Å². The van der Waals surface area contributed by atoms with Crippen LogP contribution in [0.25, 0.3) is 0 Å². The summed E-state index contributed by atoms with van der Waals surface area (Å²) in [5, 5.41) is 21.3. The Labute approximate surface area is 242 Å². The number of piperazine rings is 1. The first kappa shape index (κ1) is 29.1. The first-order valence-electron chi connectivity index (χ1n) is 13.6. The van der Waals surface area contributed by atoms with Gasteiger partial charge in [-0.15, -0.1) is 23.5 Å². The van der Waals surface area contributed by atoms with Crippen LogP contribution in [-0.2, 0) is 28.6 Å². The topological polar surface area (TPSA) is 126 Å². The van der Waals surface area contributed by atoms with Crippen LogP contribution in [-0.4, -0.2) is 90.4 Å². The van der Waals surface area contributed by atoms with E-state index >= 15 is 0 Å². The van der Waals surface area contributed by atoms with Gasteiger partial charge in [-0.3, -0.25) is 14.4 Å². The Kier molecular flexibility index (Phi) is 8.34. The van der Waals surface area contributed by atoms with Crippen molar-refractivity contribution in [3.63, 3.8) is 0 Å². The average Bonchev–Trinajstić information content (AvgIpc) is 3.32. The average molecular weight is 593 g/mol. The predicted octanol–water partition coefficient (Wildman–Crippen LogP) is 2.78. The van der Waals surface area contributed by atoms with E-state index in [1.165, 1.54) is 54.6 Å². The van der Waals surface area contributed by atoms with Gasteiger partial charge < -0.3 is 34.2 Å². The van der Waals surface area contributed by atoms with E-state index < -0.39 is 46.1 Å². The number of unbranched alkanes of at least 4 members (excludes halogenated alkanes) is 2. The molecule has 0 bridgehead atoms. The van der Waals surface area contributed by atoms with Crippen LogP contribution in [0.15, 0.2) is 48.3 Å². The lowest BCUT2D eigenvalue weighted by Crippen LogP contribution is -2.74. The number of rotatable bonds is 9. The zero-order valence-electron chi connectivity index (χ0n) is 22.9. The fraction of sp³-hybridized carbons (Fsp3) is 0.607. The molecule has 0 spiro atoms. The molecule has 7 atom stereocenters. The third-order valence-electron chi connectivity index (χ3n) is 8.35. The van der Waals surface area contributed by atoms with E-state index in [9.17, 15) is 24.6 Å². The molecule has 0 aliphatic carbocycles. The monoisotopic (exact) mass is 592 g/mol. The predicted molar refractivity (Wildman–Crippen MR) is 150 cm³/mol. The van der Waals surface area contributed by atoms with Crippen LogP contribution in [0.2, 0.25) is 0 Å². The lowest BCUT2D eigenvalue weighted by Gasteiger charge is -2.54. The molecule has 2 N–H and O–H groups in total. The van der Waals surface area contributed by atoms with Crippen molar-refractivity contribution in [2.75, 3.05) is 12.5 Å². The van der Waals surface area contributed by atoms with Gasteiger partial charge in [0.05, 0.1) is 55.8 Å². The van der Waals surface area contributed by atoms with Crippen LogP contribution in [0, 0.1) is 0 Å². The van der Waals surface area contributed by atoms with Crippen molar-refractivity contribution < 1.29 is 38.8 Å². The Bertz CT molecular complexity index is 1170. The second-order valence-electron chi connectivity index (χ2n) is 10.7. The maximum Gasteiger partial charge on any atom is 0.309 e. The van der Waals surface area contributed by atoms with Crippen molar-refractivity contribution in [2.24, 2.45) is 0 Å². The number of aliphatic hydroxyl groups is 2. The first-order chi connectivity index (χ1) is 19.2. The number of nitrogens with zero attached hydrogens (tertiary/aromatic N) is 2. The van der Waals surface area contributed by atoms with E-state index in [2.05, 4.69) is 6.92 Å². The summed E-state index contributed by atoms with van der Waals surface area (Å²) in [5.74, 6) is -1.19. The highest BCUT2D eigenvalue weighted by Crippen LogP contribution is 2.59. The van der Waals surface area contributed by atoms with Crippen LogP contribution in [0.1, 0.15) is 51.9 Å². The molecule has 0 saturated carbocycles. The molecular formula is C28H36N2O8S2. The highest BCUT2D eigenvalue weighted by molar-refractivity contribution is 8.01. The van der Waals surface area contributed by atoms with Crippen LogP contribution in [0.4, 0.5) is 0 Å². The lowest BCUT2D eigenvalue weighted by atomic mass is 10.0. The number of hydrogen-bond donors (Lipinski definition) is 2. The molecule has 2 amide bonds. The van der Waals surface area contributed by atoms with E-state index in [1.54, 1.807) is 28.4 Å². The number of aliphatic hydroxyl groups excluding tert-OH is 2. The number of hydrogen-bond acceptors (Lipinski definition) is 10. The Balaban J connectivity index is 1.49. The highest BCUT2D eigenvalue weighted by atomic mass is 32.2. The summed E-state index contributed by atoms with van der Waals surface area (Å²) in [6.07, 6.45) is 13.2. The Hall–Kier alpha value is -2.41. The summed E-state index contributed by atoms with van der Waals surface area (Å²) >= 11 is 2.50. The molecule has 0 radical (unpaired) electrons. The normalized spacial score (nSPS) is 34.8. The summed E-state index contributed by atoms with van der Waals surface area (Å²) in [6, 6.07) is -1.51. The van der Waals surface area contributed by atoms with Gasteiger partial charge in [-0.05, 0) is 42.2 Å². The first-order valence-corrected chi connectivity index (χ1v) is 16.0. The molecule has 5 aliphatic heterocycles. The van der Waals surface area contributed by atoms with E-state index in [1.807, 2.05) is 0 Å². The molecule has 3 fully saturated rings. The van der Waals surface area contributed by atoms with E-state index in [0.717, 1.165) is 19.3 Å². The van der Waals surface area contributed by atoms with Crippen molar-refractivity contribution >= 4 is 41.3 Å². The van der Waals surface area contributed by atoms with Gasteiger partial charge in [0.2, 0.25) is 0 Å². The minimum atomic E-state index is -1.32. The van der Waals surface area contributed by atoms with Crippen molar-refractivity contribution in [1.29, 1.82) is 0 Å². The quantitative estimate of drug-likeness (QED) is 0.305. The number of thioether (sulfide) groups is 2. The third-order valence-corrected chi connectivity index (χ3v) is 10.7. The summed E-state index contributed by atoms with van der Waals surface area (Å²) in [7, 11) is 0. The van der Waals surface area contributed by atoms with Crippen molar-refractivity contribution in [3.8, 4) is 0 Å². The largest absolute Gasteiger partial charge is 0.473 e. The van der Waals surface area contributed by atoms with Crippen molar-refractivity contribution in [1.82, 2.24) is 9.80 Å². The molecule has 218 valence electrons. The third kappa shape index (κ3) is 4.56. The molecule has 0 aromatic rings. The molecule has 12 heteroatoms. The maximum atomic E-state index is 14.7. The van der Waals surface area contributed by atoms with Crippen molar-refractivity contribution in [2.45, 2.75) is 92.0 Å². The van der Waals surface area contributed by atoms with Gasteiger partial charge >= 0.3 is 5.97 Å². The summed E-state index contributed by atoms with van der Waals surface area (Å²) in [5.41, 5.74) is 1.31. The van der Waals surface area contributed by atoms with Gasteiger partial charge in [-0.1, -0.05) is 26.2 Å². The summed E-state index contributed by atoms with van der Waals surface area (Å²) < 4.78 is 16.9. The number of carbonyl (C=O) groups excluding carboxylic acids is 3. The van der Waals surface area contributed by atoms with Gasteiger partial charge in [0.15, 0.2) is 9.74 Å². The van der Waals surface area contributed by atoms with E-state index in [4.69, 9.17) is 14.2 Å². The fourth-order valence-corrected chi connectivity index (χ4v) is 8.39. The molecule has 10 nitrogen and oxygen atoms in total. The number of fused-ring (bicyclic) bond motifs is 6. The molecule has 5 heterocycles. The molecule has 0 aromatic carbocycles. The number of ether oxygens (including phenoxy) is 3. The van der Waals surface area contributed by atoms with Gasteiger partial charge in [0.1, 0.15) is 6.10 Å². The summed E-state index contributed by atoms with van der Waals surface area (Å²) in [4.78, 5) is 42.6. The standard InChI is InChI=1S/C28H36N2O8S2/c1-4-5-6-7-19(31)12-22(33)38-21-9-11-37-16-18-14-28(40-3)25(34)29-23-17(15-36-10-8-20(23)32)13-27(29,39-2)26(35)30(28)24(18)21/h8-11,15-16,19-21,23-24,31-32H,4-7,12-14H2,1-3H3. The van der Waals surface area contributed by atoms with Crippen molar-refractivity contribution in [3.05, 3.63) is 48.3 Å². The van der Waals surface area contributed by atoms with Gasteiger partial charge in [-0.25, -0.2) is 0 Å². The molecule has 5 rings (SSSR count).